The molecule has 0 N–H and O–H groups in total. The van der Waals surface area contributed by atoms with Gasteiger partial charge in [-0.15, -0.1) is 6.58 Å². The summed E-state index contributed by atoms with van der Waals surface area (Å²) in [5, 5.41) is 10.6. The zero-order valence-corrected chi connectivity index (χ0v) is 12.8. The standard InChI is InChI=1S/C13H13ClN2O4S/c1-3-4-12-15(13(17)20-8(2)14)10-6-5-9(16(18)19)7-11(10)21-12/h3,5-8,12H,1,4H2,2H3. The number of alkyl halides is 1. The summed E-state index contributed by atoms with van der Waals surface area (Å²) in [7, 11) is 0. The average molecular weight is 329 g/mol. The Bertz CT molecular complexity index is 594. The highest BCUT2D eigenvalue weighted by molar-refractivity contribution is 8.00. The predicted octanol–water partition coefficient (Wildman–Crippen LogP) is 4.13. The third-order valence-corrected chi connectivity index (χ3v) is 4.14. The van der Waals surface area contributed by atoms with E-state index < -0.39 is 16.6 Å². The van der Waals surface area contributed by atoms with Gasteiger partial charge >= 0.3 is 6.09 Å². The lowest BCUT2D eigenvalue weighted by Crippen LogP contribution is -2.36. The Kier molecular flexibility index (Phi) is 4.74. The predicted molar refractivity (Wildman–Crippen MR) is 81.8 cm³/mol. The van der Waals surface area contributed by atoms with Gasteiger partial charge in [0, 0.05) is 17.0 Å². The highest BCUT2D eigenvalue weighted by Crippen LogP contribution is 2.46. The summed E-state index contributed by atoms with van der Waals surface area (Å²) in [6.07, 6.45) is 1.63. The van der Waals surface area contributed by atoms with E-state index in [9.17, 15) is 14.9 Å². The first-order valence-electron chi connectivity index (χ1n) is 6.14. The Balaban J connectivity index is 2.36. The van der Waals surface area contributed by atoms with E-state index in [1.807, 2.05) is 0 Å². The van der Waals surface area contributed by atoms with Crippen LogP contribution in [0, 0.1) is 10.1 Å². The number of fused-ring (bicyclic) bond motifs is 1. The zero-order chi connectivity index (χ0) is 15.6. The minimum absolute atomic E-state index is 0.0143. The first kappa shape index (κ1) is 15.7. The normalized spacial score (nSPS) is 18.0. The van der Waals surface area contributed by atoms with Crippen molar-refractivity contribution in [3.63, 3.8) is 0 Å². The number of nitro groups is 1. The van der Waals surface area contributed by atoms with Gasteiger partial charge in [0.25, 0.3) is 5.69 Å². The Labute approximate surface area is 130 Å². The number of amides is 1. The van der Waals surface area contributed by atoms with Crippen molar-refractivity contribution in [2.75, 3.05) is 4.90 Å². The van der Waals surface area contributed by atoms with Gasteiger partial charge < -0.3 is 4.74 Å². The van der Waals surface area contributed by atoms with Crippen LogP contribution in [0.2, 0.25) is 0 Å². The van der Waals surface area contributed by atoms with Crippen LogP contribution in [0.25, 0.3) is 0 Å². The number of benzene rings is 1. The Hall–Kier alpha value is -1.73. The molecule has 1 amide bonds. The minimum Gasteiger partial charge on any atom is -0.430 e. The molecule has 2 unspecified atom stereocenters. The van der Waals surface area contributed by atoms with Crippen LogP contribution < -0.4 is 4.90 Å². The molecule has 1 aliphatic heterocycles. The van der Waals surface area contributed by atoms with Gasteiger partial charge in [0.15, 0.2) is 5.56 Å². The van der Waals surface area contributed by atoms with Crippen LogP contribution in [0.3, 0.4) is 0 Å². The molecule has 8 heteroatoms. The molecule has 1 heterocycles. The summed E-state index contributed by atoms with van der Waals surface area (Å²) in [5.41, 5.74) is -0.187. The van der Waals surface area contributed by atoms with Crippen LogP contribution in [0.1, 0.15) is 13.3 Å². The van der Waals surface area contributed by atoms with E-state index in [1.165, 1.54) is 28.8 Å². The first-order chi connectivity index (χ1) is 9.93. The van der Waals surface area contributed by atoms with Gasteiger partial charge in [-0.3, -0.25) is 15.0 Å². The number of rotatable bonds is 4. The molecule has 0 spiro atoms. The van der Waals surface area contributed by atoms with Crippen molar-refractivity contribution in [2.45, 2.75) is 29.2 Å². The second kappa shape index (κ2) is 6.36. The fourth-order valence-corrected chi connectivity index (χ4v) is 3.35. The molecule has 0 aromatic heterocycles. The molecule has 21 heavy (non-hydrogen) atoms. The third kappa shape index (κ3) is 3.30. The quantitative estimate of drug-likeness (QED) is 0.359. The molecule has 6 nitrogen and oxygen atoms in total. The van der Waals surface area contributed by atoms with Crippen molar-refractivity contribution < 1.29 is 14.5 Å². The average Bonchev–Trinajstić information content (AvgIpc) is 2.75. The van der Waals surface area contributed by atoms with Crippen molar-refractivity contribution in [3.05, 3.63) is 41.0 Å². The lowest BCUT2D eigenvalue weighted by molar-refractivity contribution is -0.385. The van der Waals surface area contributed by atoms with Gasteiger partial charge in [-0.25, -0.2) is 4.79 Å². The Morgan fingerprint density at radius 2 is 2.43 bits per heavy atom. The number of non-ortho nitro benzene ring substituents is 1. The fraction of sp³-hybridized carbons (Fsp3) is 0.308. The molecule has 1 aromatic carbocycles. The number of nitro benzene ring substituents is 1. The summed E-state index contributed by atoms with van der Waals surface area (Å²) in [6, 6.07) is 4.36. The van der Waals surface area contributed by atoms with Crippen molar-refractivity contribution >= 4 is 40.8 Å². The number of nitrogens with zero attached hydrogens (tertiary/aromatic N) is 2. The van der Waals surface area contributed by atoms with Gasteiger partial charge in [0.1, 0.15) is 0 Å². The highest BCUT2D eigenvalue weighted by atomic mass is 35.5. The molecular formula is C13H13ClN2O4S. The summed E-state index contributed by atoms with van der Waals surface area (Å²) in [6.45, 7) is 5.20. The smallest absolute Gasteiger partial charge is 0.416 e. The molecule has 2 rings (SSSR count). The number of anilines is 1. The number of hydrogen-bond acceptors (Lipinski definition) is 5. The van der Waals surface area contributed by atoms with Crippen molar-refractivity contribution in [1.29, 1.82) is 0 Å². The van der Waals surface area contributed by atoms with Crippen LogP contribution in [0.5, 0.6) is 0 Å². The summed E-state index contributed by atoms with van der Waals surface area (Å²) >= 11 is 7.05. The molecule has 1 aromatic rings. The van der Waals surface area contributed by atoms with E-state index in [0.29, 0.717) is 17.0 Å². The minimum atomic E-state index is -0.756. The summed E-state index contributed by atoms with van der Waals surface area (Å²) in [4.78, 5) is 24.6. The lowest BCUT2D eigenvalue weighted by Gasteiger charge is -2.23. The second-order valence-electron chi connectivity index (χ2n) is 4.30. The molecule has 0 radical (unpaired) electrons. The summed E-state index contributed by atoms with van der Waals surface area (Å²) < 4.78 is 5.02. The van der Waals surface area contributed by atoms with Crippen molar-refractivity contribution in [2.24, 2.45) is 0 Å². The number of carbonyl (C=O) groups excluding carboxylic acids is 1. The number of hydrogen-bond donors (Lipinski definition) is 0. The molecular weight excluding hydrogens is 316 g/mol. The Morgan fingerprint density at radius 1 is 1.71 bits per heavy atom. The van der Waals surface area contributed by atoms with E-state index in [4.69, 9.17) is 16.3 Å². The molecule has 0 bridgehead atoms. The van der Waals surface area contributed by atoms with Crippen LogP contribution in [-0.2, 0) is 4.74 Å². The second-order valence-corrected chi connectivity index (χ2v) is 6.14. The fourth-order valence-electron chi connectivity index (χ4n) is 1.97. The van der Waals surface area contributed by atoms with E-state index in [1.54, 1.807) is 19.1 Å². The molecule has 1 aliphatic rings. The van der Waals surface area contributed by atoms with E-state index in [0.717, 1.165) is 0 Å². The third-order valence-electron chi connectivity index (χ3n) is 2.79. The molecule has 2 atom stereocenters. The number of carbonyl (C=O) groups is 1. The molecule has 0 aliphatic carbocycles. The van der Waals surface area contributed by atoms with Crippen LogP contribution in [0.15, 0.2) is 35.7 Å². The highest BCUT2D eigenvalue weighted by Gasteiger charge is 2.36. The maximum Gasteiger partial charge on any atom is 0.416 e. The molecule has 0 fully saturated rings. The molecule has 0 saturated carbocycles. The number of halogens is 1. The summed E-state index contributed by atoms with van der Waals surface area (Å²) in [5.74, 6) is 0. The van der Waals surface area contributed by atoms with Gasteiger partial charge in [-0.2, -0.15) is 0 Å². The topological polar surface area (TPSA) is 72.7 Å². The van der Waals surface area contributed by atoms with Crippen LogP contribution >= 0.6 is 23.4 Å². The van der Waals surface area contributed by atoms with E-state index in [2.05, 4.69) is 6.58 Å². The van der Waals surface area contributed by atoms with Crippen LogP contribution in [-0.4, -0.2) is 22.0 Å². The van der Waals surface area contributed by atoms with Gasteiger partial charge in [-0.1, -0.05) is 29.4 Å². The van der Waals surface area contributed by atoms with Gasteiger partial charge in [-0.05, 0) is 19.4 Å². The SMILES string of the molecule is C=CCC1Sc2cc([N+](=O)[O-])ccc2N1C(=O)OC(C)Cl. The number of ether oxygens (including phenoxy) is 1. The van der Waals surface area contributed by atoms with E-state index in [-0.39, 0.29) is 11.1 Å². The Morgan fingerprint density at radius 3 is 3.00 bits per heavy atom. The number of thioether (sulfide) groups is 1. The molecule has 0 saturated heterocycles. The molecule has 112 valence electrons. The van der Waals surface area contributed by atoms with Crippen molar-refractivity contribution in [1.82, 2.24) is 0 Å². The monoisotopic (exact) mass is 328 g/mol. The van der Waals surface area contributed by atoms with Gasteiger partial charge in [0.05, 0.1) is 16.0 Å². The lowest BCUT2D eigenvalue weighted by atomic mass is 10.2. The maximum absolute atomic E-state index is 12.2. The zero-order valence-electron chi connectivity index (χ0n) is 11.2. The van der Waals surface area contributed by atoms with Crippen molar-refractivity contribution in [3.8, 4) is 0 Å². The van der Waals surface area contributed by atoms with E-state index >= 15 is 0 Å². The largest absolute Gasteiger partial charge is 0.430 e. The maximum atomic E-state index is 12.2. The van der Waals surface area contributed by atoms with Gasteiger partial charge in [0.2, 0.25) is 0 Å². The van der Waals surface area contributed by atoms with Crippen LogP contribution in [0.4, 0.5) is 16.2 Å². The first-order valence-corrected chi connectivity index (χ1v) is 7.45.